The summed E-state index contributed by atoms with van der Waals surface area (Å²) in [5, 5.41) is 0. The Kier molecular flexibility index (Phi) is 5.78. The number of halogens is 2. The van der Waals surface area contributed by atoms with Crippen molar-refractivity contribution >= 4 is 21.4 Å². The smallest absolute Gasteiger partial charge is 0.251 e. The molecule has 1 aromatic carbocycles. The molecule has 3 aromatic rings. The van der Waals surface area contributed by atoms with Crippen molar-refractivity contribution in [2.75, 3.05) is 0 Å². The summed E-state index contributed by atoms with van der Waals surface area (Å²) in [6, 6.07) is 7.76. The highest BCUT2D eigenvalue weighted by molar-refractivity contribution is 7.91. The van der Waals surface area contributed by atoms with Gasteiger partial charge in [0.05, 0.1) is 0 Å². The van der Waals surface area contributed by atoms with E-state index in [1.165, 1.54) is 6.07 Å². The molecule has 0 saturated carbocycles. The van der Waals surface area contributed by atoms with E-state index in [-0.39, 0.29) is 21.9 Å². The Morgan fingerprint density at radius 3 is 2.43 bits per heavy atom. The van der Waals surface area contributed by atoms with Crippen LogP contribution < -0.4 is 10.3 Å². The average Bonchev–Trinajstić information content (AvgIpc) is 3.10. The number of pyridine rings is 1. The van der Waals surface area contributed by atoms with Gasteiger partial charge in [-0.25, -0.2) is 21.9 Å². The second-order valence-corrected chi connectivity index (χ2v) is 9.31. The molecule has 3 rings (SSSR count). The molecule has 0 fully saturated rings. The summed E-state index contributed by atoms with van der Waals surface area (Å²) >= 11 is 1.05. The Bertz CT molecular complexity index is 1160. The summed E-state index contributed by atoms with van der Waals surface area (Å²) in [5.41, 5.74) is 2.05. The van der Waals surface area contributed by atoms with Crippen LogP contribution in [-0.4, -0.2) is 13.4 Å². The molecule has 0 saturated heterocycles. The molecule has 0 spiro atoms. The number of benzene rings is 1. The Balaban J connectivity index is 1.85. The molecule has 9 heteroatoms. The molecule has 2 N–H and O–H groups in total. The number of hydrogen-bond donors (Lipinski definition) is 2. The maximum atomic E-state index is 13.2. The summed E-state index contributed by atoms with van der Waals surface area (Å²) in [4.78, 5) is 15.3. The van der Waals surface area contributed by atoms with Crippen LogP contribution in [0.1, 0.15) is 23.7 Å². The predicted octanol–water partition coefficient (Wildman–Crippen LogP) is 3.73. The van der Waals surface area contributed by atoms with Crippen molar-refractivity contribution < 1.29 is 17.2 Å². The predicted molar refractivity (Wildman–Crippen MR) is 105 cm³/mol. The lowest BCUT2D eigenvalue weighted by atomic mass is 10.1. The molecular weight excluding hydrogens is 406 g/mol. The van der Waals surface area contributed by atoms with E-state index in [4.69, 9.17) is 0 Å². The first-order chi connectivity index (χ1) is 13.2. The van der Waals surface area contributed by atoms with Gasteiger partial charge in [-0.05, 0) is 49.2 Å². The summed E-state index contributed by atoms with van der Waals surface area (Å²) < 4.78 is 54.0. The van der Waals surface area contributed by atoms with Gasteiger partial charge in [0, 0.05) is 34.3 Å². The summed E-state index contributed by atoms with van der Waals surface area (Å²) in [6.45, 7) is 3.38. The number of aryl methyl sites for hydroxylation is 2. The monoisotopic (exact) mass is 424 g/mol. The maximum Gasteiger partial charge on any atom is 0.251 e. The van der Waals surface area contributed by atoms with Gasteiger partial charge in [-0.15, -0.1) is 11.3 Å². The van der Waals surface area contributed by atoms with E-state index in [0.29, 0.717) is 22.6 Å². The molecule has 2 heterocycles. The summed E-state index contributed by atoms with van der Waals surface area (Å²) in [6.07, 6.45) is 0.560. The third-order valence-corrected chi connectivity index (χ3v) is 7.21. The largest absolute Gasteiger partial charge is 0.326 e. The number of sulfonamides is 1. The van der Waals surface area contributed by atoms with Crippen LogP contribution in [0.15, 0.2) is 45.4 Å². The van der Waals surface area contributed by atoms with Crippen molar-refractivity contribution in [3.63, 3.8) is 0 Å². The summed E-state index contributed by atoms with van der Waals surface area (Å²) in [7, 11) is -3.86. The quantitative estimate of drug-likeness (QED) is 0.633. The molecular formula is C19H18F2N2O3S2. The first-order valence-electron chi connectivity index (χ1n) is 8.47. The fourth-order valence-electron chi connectivity index (χ4n) is 2.76. The Morgan fingerprint density at radius 2 is 1.79 bits per heavy atom. The molecule has 28 heavy (non-hydrogen) atoms. The second kappa shape index (κ2) is 7.94. The van der Waals surface area contributed by atoms with Crippen LogP contribution in [0, 0.1) is 18.6 Å². The van der Waals surface area contributed by atoms with Crippen LogP contribution in [0.25, 0.3) is 10.4 Å². The lowest BCUT2D eigenvalue weighted by Crippen LogP contribution is -2.22. The van der Waals surface area contributed by atoms with Crippen molar-refractivity contribution in [3.05, 3.63) is 75.2 Å². The molecule has 0 aliphatic carbocycles. The molecule has 0 radical (unpaired) electrons. The standard InChI is InChI=1S/C19H18F2N2O3S2/c1-3-13-8-16(11(2)23-19(13)24)17-4-5-18(27-17)28(25,26)22-10-12-6-14(20)9-15(21)7-12/h4-9,22H,3,10H2,1-2H3,(H,23,24). The second-order valence-electron chi connectivity index (χ2n) is 6.24. The fourth-order valence-corrected chi connectivity index (χ4v) is 5.20. The lowest BCUT2D eigenvalue weighted by molar-refractivity contribution is 0.572. The molecule has 2 aromatic heterocycles. The van der Waals surface area contributed by atoms with Gasteiger partial charge in [-0.3, -0.25) is 4.79 Å². The van der Waals surface area contributed by atoms with Crippen LogP contribution >= 0.6 is 11.3 Å². The van der Waals surface area contributed by atoms with Gasteiger partial charge in [-0.2, -0.15) is 0 Å². The molecule has 0 unspecified atom stereocenters. The number of thiophene rings is 1. The first kappa shape index (κ1) is 20.4. The fraction of sp³-hybridized carbons (Fsp3) is 0.211. The zero-order chi connectivity index (χ0) is 20.5. The van der Waals surface area contributed by atoms with Gasteiger partial charge in [0.15, 0.2) is 0 Å². The van der Waals surface area contributed by atoms with E-state index in [9.17, 15) is 22.0 Å². The minimum Gasteiger partial charge on any atom is -0.326 e. The molecule has 0 atom stereocenters. The molecule has 0 bridgehead atoms. The van der Waals surface area contributed by atoms with Crippen molar-refractivity contribution in [3.8, 4) is 10.4 Å². The van der Waals surface area contributed by atoms with E-state index >= 15 is 0 Å². The Morgan fingerprint density at radius 1 is 1.11 bits per heavy atom. The van der Waals surface area contributed by atoms with Crippen LogP contribution in [-0.2, 0) is 23.0 Å². The number of nitrogens with one attached hydrogen (secondary N) is 2. The average molecular weight is 424 g/mol. The number of aromatic nitrogens is 1. The highest BCUT2D eigenvalue weighted by Crippen LogP contribution is 2.32. The van der Waals surface area contributed by atoms with E-state index in [0.717, 1.165) is 35.1 Å². The normalized spacial score (nSPS) is 11.7. The van der Waals surface area contributed by atoms with Crippen LogP contribution in [0.2, 0.25) is 0 Å². The number of aromatic amines is 1. The van der Waals surface area contributed by atoms with Crippen molar-refractivity contribution in [2.45, 2.75) is 31.0 Å². The summed E-state index contributed by atoms with van der Waals surface area (Å²) in [5.74, 6) is -1.54. The maximum absolute atomic E-state index is 13.2. The van der Waals surface area contributed by atoms with Crippen LogP contribution in [0.5, 0.6) is 0 Å². The Labute approximate surface area is 165 Å². The van der Waals surface area contributed by atoms with Gasteiger partial charge in [0.25, 0.3) is 5.56 Å². The Hall–Kier alpha value is -2.36. The van der Waals surface area contributed by atoms with Crippen LogP contribution in [0.3, 0.4) is 0 Å². The zero-order valence-corrected chi connectivity index (χ0v) is 16.8. The van der Waals surface area contributed by atoms with E-state index < -0.39 is 21.7 Å². The number of rotatable bonds is 6. The molecule has 0 aliphatic heterocycles. The minimum atomic E-state index is -3.86. The highest BCUT2D eigenvalue weighted by atomic mass is 32.2. The van der Waals surface area contributed by atoms with E-state index in [1.54, 1.807) is 19.1 Å². The molecule has 5 nitrogen and oxygen atoms in total. The minimum absolute atomic E-state index is 0.0722. The third kappa shape index (κ3) is 4.37. The van der Waals surface area contributed by atoms with E-state index in [2.05, 4.69) is 9.71 Å². The topological polar surface area (TPSA) is 79.0 Å². The molecule has 0 aliphatic rings. The third-order valence-electron chi connectivity index (χ3n) is 4.20. The first-order valence-corrected chi connectivity index (χ1v) is 10.8. The SMILES string of the molecule is CCc1cc(-c2ccc(S(=O)(=O)NCc3cc(F)cc(F)c3)s2)c(C)[nH]c1=O. The van der Waals surface area contributed by atoms with Gasteiger partial charge < -0.3 is 4.98 Å². The zero-order valence-electron chi connectivity index (χ0n) is 15.2. The molecule has 0 amide bonds. The lowest BCUT2D eigenvalue weighted by Gasteiger charge is -2.07. The van der Waals surface area contributed by atoms with Gasteiger partial charge in [0.2, 0.25) is 10.0 Å². The number of hydrogen-bond acceptors (Lipinski definition) is 4. The van der Waals surface area contributed by atoms with E-state index in [1.807, 2.05) is 6.92 Å². The van der Waals surface area contributed by atoms with Gasteiger partial charge in [-0.1, -0.05) is 6.92 Å². The van der Waals surface area contributed by atoms with Crippen LogP contribution in [0.4, 0.5) is 8.78 Å². The van der Waals surface area contributed by atoms with Gasteiger partial charge >= 0.3 is 0 Å². The highest BCUT2D eigenvalue weighted by Gasteiger charge is 2.18. The van der Waals surface area contributed by atoms with Crippen molar-refractivity contribution in [2.24, 2.45) is 0 Å². The van der Waals surface area contributed by atoms with Gasteiger partial charge in [0.1, 0.15) is 15.8 Å². The molecule has 148 valence electrons. The van der Waals surface area contributed by atoms with Crippen molar-refractivity contribution in [1.82, 2.24) is 9.71 Å². The number of H-pyrrole nitrogens is 1. The van der Waals surface area contributed by atoms with Crippen molar-refractivity contribution in [1.29, 1.82) is 0 Å².